The molecule has 0 aliphatic heterocycles. The van der Waals surface area contributed by atoms with Crippen molar-refractivity contribution < 1.29 is 23.9 Å². The van der Waals surface area contributed by atoms with Gasteiger partial charge < -0.3 is 14.8 Å². The number of ketones is 1. The zero-order valence-corrected chi connectivity index (χ0v) is 17.4. The predicted octanol–water partition coefficient (Wildman–Crippen LogP) is 4.27. The topological polar surface area (TPSA) is 81.7 Å². The van der Waals surface area contributed by atoms with E-state index in [2.05, 4.69) is 5.32 Å². The van der Waals surface area contributed by atoms with Crippen molar-refractivity contribution in [1.82, 2.24) is 0 Å². The first-order valence-corrected chi connectivity index (χ1v) is 9.52. The summed E-state index contributed by atoms with van der Waals surface area (Å²) in [5, 5.41) is 2.87. The van der Waals surface area contributed by atoms with Gasteiger partial charge in [-0.15, -0.1) is 0 Å². The molecule has 0 fully saturated rings. The highest BCUT2D eigenvalue weighted by atomic mass is 16.6. The van der Waals surface area contributed by atoms with E-state index in [1.165, 1.54) is 13.8 Å². The van der Waals surface area contributed by atoms with Gasteiger partial charge in [0, 0.05) is 11.3 Å². The van der Waals surface area contributed by atoms with Gasteiger partial charge in [0.15, 0.2) is 18.5 Å². The minimum absolute atomic E-state index is 0.0509. The second kappa shape index (κ2) is 9.87. The van der Waals surface area contributed by atoms with Crippen molar-refractivity contribution in [3.63, 3.8) is 0 Å². The maximum absolute atomic E-state index is 12.5. The molecule has 0 unspecified atom stereocenters. The smallest absolute Gasteiger partial charge is 0.344 e. The number of para-hydroxylation sites is 1. The van der Waals surface area contributed by atoms with Crippen LogP contribution in [0.5, 0.6) is 5.75 Å². The highest BCUT2D eigenvalue weighted by molar-refractivity contribution is 5.96. The van der Waals surface area contributed by atoms with Crippen LogP contribution in [0.25, 0.3) is 0 Å². The van der Waals surface area contributed by atoms with Crippen molar-refractivity contribution in [2.75, 3.05) is 11.9 Å². The highest BCUT2D eigenvalue weighted by Crippen LogP contribution is 2.27. The molecule has 0 saturated heterocycles. The lowest BCUT2D eigenvalue weighted by Gasteiger charge is -2.19. The second-order valence-corrected chi connectivity index (χ2v) is 7.18. The summed E-state index contributed by atoms with van der Waals surface area (Å²) < 4.78 is 10.5. The van der Waals surface area contributed by atoms with E-state index in [4.69, 9.17) is 9.47 Å². The average Bonchev–Trinajstić information content (AvgIpc) is 2.67. The van der Waals surface area contributed by atoms with Gasteiger partial charge >= 0.3 is 5.97 Å². The van der Waals surface area contributed by atoms with E-state index in [0.717, 1.165) is 16.8 Å². The third-order valence-corrected chi connectivity index (χ3v) is 4.47. The molecule has 2 rings (SSSR count). The quantitative estimate of drug-likeness (QED) is 0.531. The number of ether oxygens (including phenoxy) is 2. The number of amides is 1. The van der Waals surface area contributed by atoms with Crippen molar-refractivity contribution in [1.29, 1.82) is 0 Å². The molecule has 0 heterocycles. The molecule has 0 saturated carbocycles. The van der Waals surface area contributed by atoms with Crippen molar-refractivity contribution in [2.24, 2.45) is 0 Å². The first kappa shape index (κ1) is 22.1. The van der Waals surface area contributed by atoms with Crippen molar-refractivity contribution in [3.05, 3.63) is 59.2 Å². The van der Waals surface area contributed by atoms with Gasteiger partial charge in [-0.05, 0) is 62.1 Å². The van der Waals surface area contributed by atoms with Gasteiger partial charge in [0.25, 0.3) is 5.91 Å². The van der Waals surface area contributed by atoms with Gasteiger partial charge in [0.2, 0.25) is 0 Å². The SMILES string of the molecule is CC(=O)c1ccc(OCC(=O)O[C@@H](C)C(=O)Nc2c(C)cccc2C(C)C)cc1. The molecule has 2 aromatic carbocycles. The van der Waals surface area contributed by atoms with Crippen LogP contribution in [0.3, 0.4) is 0 Å². The molecular formula is C23H27NO5. The van der Waals surface area contributed by atoms with Crippen LogP contribution in [0.15, 0.2) is 42.5 Å². The molecule has 6 nitrogen and oxygen atoms in total. The van der Waals surface area contributed by atoms with Crippen LogP contribution < -0.4 is 10.1 Å². The maximum Gasteiger partial charge on any atom is 0.344 e. The van der Waals surface area contributed by atoms with Crippen LogP contribution in [0.2, 0.25) is 0 Å². The number of esters is 1. The highest BCUT2D eigenvalue weighted by Gasteiger charge is 2.20. The number of Topliss-reactive ketones (excluding diaryl/α,β-unsaturated/α-hetero) is 1. The molecule has 0 spiro atoms. The van der Waals surface area contributed by atoms with Crippen molar-refractivity contribution in [3.8, 4) is 5.75 Å². The summed E-state index contributed by atoms with van der Waals surface area (Å²) in [5.41, 5.74) is 3.27. The number of hydrogen-bond donors (Lipinski definition) is 1. The van der Waals surface area contributed by atoms with Crippen LogP contribution in [0.4, 0.5) is 5.69 Å². The Kier molecular flexibility index (Phi) is 7.53. The summed E-state index contributed by atoms with van der Waals surface area (Å²) in [6, 6.07) is 12.3. The monoisotopic (exact) mass is 397 g/mol. The third kappa shape index (κ3) is 6.17. The van der Waals surface area contributed by atoms with Gasteiger partial charge in [-0.1, -0.05) is 32.0 Å². The lowest BCUT2D eigenvalue weighted by atomic mass is 9.98. The Hall–Kier alpha value is -3.15. The van der Waals surface area contributed by atoms with E-state index in [0.29, 0.717) is 11.3 Å². The van der Waals surface area contributed by atoms with Crippen LogP contribution in [0.1, 0.15) is 55.1 Å². The van der Waals surface area contributed by atoms with E-state index in [-0.39, 0.29) is 18.3 Å². The number of aryl methyl sites for hydroxylation is 1. The number of carbonyl (C=O) groups is 3. The normalized spacial score (nSPS) is 11.7. The molecule has 0 bridgehead atoms. The number of anilines is 1. The van der Waals surface area contributed by atoms with E-state index in [9.17, 15) is 14.4 Å². The molecule has 154 valence electrons. The average molecular weight is 397 g/mol. The summed E-state index contributed by atoms with van der Waals surface area (Å²) in [4.78, 5) is 35.8. The fourth-order valence-corrected chi connectivity index (χ4v) is 2.78. The lowest BCUT2D eigenvalue weighted by molar-refractivity contribution is -0.155. The third-order valence-electron chi connectivity index (χ3n) is 4.47. The molecule has 6 heteroatoms. The van der Waals surface area contributed by atoms with Crippen LogP contribution >= 0.6 is 0 Å². The summed E-state index contributed by atoms with van der Waals surface area (Å²) in [7, 11) is 0. The standard InChI is InChI=1S/C23H27NO5/c1-14(2)20-8-6-7-15(3)22(20)24-23(27)17(5)29-21(26)13-28-19-11-9-18(10-12-19)16(4)25/h6-12,14,17H,13H2,1-5H3,(H,24,27)/t17-/m0/s1. The van der Waals surface area contributed by atoms with Gasteiger partial charge in [-0.3, -0.25) is 9.59 Å². The molecule has 1 atom stereocenters. The Morgan fingerprint density at radius 1 is 1.00 bits per heavy atom. The zero-order chi connectivity index (χ0) is 21.6. The minimum Gasteiger partial charge on any atom is -0.482 e. The van der Waals surface area contributed by atoms with Gasteiger partial charge in [0.1, 0.15) is 5.75 Å². The number of rotatable bonds is 8. The molecule has 0 aliphatic carbocycles. The largest absolute Gasteiger partial charge is 0.482 e. The van der Waals surface area contributed by atoms with Gasteiger partial charge in [0.05, 0.1) is 0 Å². The van der Waals surface area contributed by atoms with Gasteiger partial charge in [-0.2, -0.15) is 0 Å². The fraction of sp³-hybridized carbons (Fsp3) is 0.348. The summed E-state index contributed by atoms with van der Waals surface area (Å²) in [6.45, 7) is 8.67. The number of nitrogens with one attached hydrogen (secondary N) is 1. The molecule has 0 radical (unpaired) electrons. The Bertz CT molecular complexity index is 887. The molecule has 0 aliphatic rings. The summed E-state index contributed by atoms with van der Waals surface area (Å²) >= 11 is 0. The maximum atomic E-state index is 12.5. The second-order valence-electron chi connectivity index (χ2n) is 7.18. The fourth-order valence-electron chi connectivity index (χ4n) is 2.78. The number of hydrogen-bond acceptors (Lipinski definition) is 5. The van der Waals surface area contributed by atoms with E-state index < -0.39 is 18.0 Å². The Morgan fingerprint density at radius 3 is 2.24 bits per heavy atom. The molecule has 1 N–H and O–H groups in total. The summed E-state index contributed by atoms with van der Waals surface area (Å²) in [6.07, 6.45) is -0.967. The van der Waals surface area contributed by atoms with E-state index >= 15 is 0 Å². The lowest BCUT2D eigenvalue weighted by Crippen LogP contribution is -2.32. The van der Waals surface area contributed by atoms with Crippen molar-refractivity contribution >= 4 is 23.3 Å². The van der Waals surface area contributed by atoms with Crippen LogP contribution in [-0.4, -0.2) is 30.4 Å². The number of benzene rings is 2. The number of carbonyl (C=O) groups excluding carboxylic acids is 3. The van der Waals surface area contributed by atoms with Crippen molar-refractivity contribution in [2.45, 2.75) is 46.6 Å². The molecule has 29 heavy (non-hydrogen) atoms. The molecule has 2 aromatic rings. The first-order chi connectivity index (χ1) is 13.7. The minimum atomic E-state index is -0.967. The van der Waals surface area contributed by atoms with E-state index in [1.54, 1.807) is 24.3 Å². The molecular weight excluding hydrogens is 370 g/mol. The zero-order valence-electron chi connectivity index (χ0n) is 17.4. The van der Waals surface area contributed by atoms with Crippen LogP contribution in [-0.2, 0) is 14.3 Å². The Morgan fingerprint density at radius 2 is 1.66 bits per heavy atom. The summed E-state index contributed by atoms with van der Waals surface area (Å²) in [5.74, 6) is -0.431. The van der Waals surface area contributed by atoms with E-state index in [1.807, 2.05) is 39.0 Å². The van der Waals surface area contributed by atoms with Gasteiger partial charge in [-0.25, -0.2) is 4.79 Å². The van der Waals surface area contributed by atoms with Crippen LogP contribution in [0, 0.1) is 6.92 Å². The molecule has 1 amide bonds. The Labute approximate surface area is 171 Å². The predicted molar refractivity (Wildman–Crippen MR) is 111 cm³/mol. The Balaban J connectivity index is 1.91. The first-order valence-electron chi connectivity index (χ1n) is 9.52. The molecule has 0 aromatic heterocycles.